The zero-order valence-corrected chi connectivity index (χ0v) is 31.6. The van der Waals surface area contributed by atoms with Crippen molar-refractivity contribution in [3.63, 3.8) is 0 Å². The van der Waals surface area contributed by atoms with E-state index in [0.29, 0.717) is 0 Å². The average molecular weight is 741 g/mol. The first kappa shape index (κ1) is 33.6. The molecule has 11 rings (SSSR count). The highest BCUT2D eigenvalue weighted by Crippen LogP contribution is 2.41. The number of para-hydroxylation sites is 3. The van der Waals surface area contributed by atoms with E-state index in [4.69, 9.17) is 9.40 Å². The van der Waals surface area contributed by atoms with Gasteiger partial charge >= 0.3 is 0 Å². The molecule has 0 amide bonds. The van der Waals surface area contributed by atoms with Crippen molar-refractivity contribution in [2.75, 3.05) is 4.90 Å². The van der Waals surface area contributed by atoms with Crippen LogP contribution in [0.1, 0.15) is 0 Å². The Morgan fingerprint density at radius 2 is 0.879 bits per heavy atom. The van der Waals surface area contributed by atoms with Crippen LogP contribution in [-0.4, -0.2) is 4.98 Å². The average Bonchev–Trinajstić information content (AvgIpc) is 3.69. The third-order valence-corrected chi connectivity index (χ3v) is 11.3. The van der Waals surface area contributed by atoms with Crippen molar-refractivity contribution in [1.82, 2.24) is 4.98 Å². The summed E-state index contributed by atoms with van der Waals surface area (Å²) in [7, 11) is 0. The van der Waals surface area contributed by atoms with Crippen LogP contribution in [0.2, 0.25) is 0 Å². The number of furan rings is 1. The molecule has 9 aromatic carbocycles. The maximum Gasteiger partial charge on any atom is 0.143 e. The van der Waals surface area contributed by atoms with Gasteiger partial charge in [-0.25, -0.2) is 4.98 Å². The first-order valence-electron chi connectivity index (χ1n) is 19.7. The molecule has 0 saturated heterocycles. The van der Waals surface area contributed by atoms with Gasteiger partial charge in [0.05, 0.1) is 11.2 Å². The number of nitrogens with zero attached hydrogens (tertiary/aromatic N) is 2. The van der Waals surface area contributed by atoms with Gasteiger partial charge in [-0.1, -0.05) is 164 Å². The molecular formula is C55H36N2O. The smallest absolute Gasteiger partial charge is 0.143 e. The van der Waals surface area contributed by atoms with Crippen molar-refractivity contribution in [2.24, 2.45) is 0 Å². The summed E-state index contributed by atoms with van der Waals surface area (Å²) in [6, 6.07) is 77.5. The summed E-state index contributed by atoms with van der Waals surface area (Å²) in [5.74, 6) is 0. The predicted octanol–water partition coefficient (Wildman–Crippen LogP) is 15.4. The van der Waals surface area contributed by atoms with E-state index in [0.717, 1.165) is 83.4 Å². The van der Waals surface area contributed by atoms with Gasteiger partial charge in [-0.2, -0.15) is 0 Å². The second kappa shape index (κ2) is 14.1. The minimum Gasteiger partial charge on any atom is -0.455 e. The Labute approximate surface area is 336 Å². The molecule has 58 heavy (non-hydrogen) atoms. The van der Waals surface area contributed by atoms with Gasteiger partial charge < -0.3 is 9.32 Å². The third-order valence-electron chi connectivity index (χ3n) is 11.3. The molecular weight excluding hydrogens is 705 g/mol. The standard InChI is InChI=1S/C55H36N2O/c1-2-13-37(14-3-1)38-27-31-43(32-28-38)57(44-33-29-39(30-34-44)46-23-12-24-51-49-21-7-9-26-53(49)58-55(46)51)45-18-11-16-41(36-45)40-15-10-17-42(35-40)54-50-22-5-4-19-47(50)48-20-6-8-25-52(48)56-54/h1-36H. The van der Waals surface area contributed by atoms with Gasteiger partial charge in [-0.15, -0.1) is 0 Å². The molecule has 0 fully saturated rings. The fourth-order valence-corrected chi connectivity index (χ4v) is 8.44. The summed E-state index contributed by atoms with van der Waals surface area (Å²) in [5.41, 5.74) is 14.9. The van der Waals surface area contributed by atoms with Gasteiger partial charge in [0.1, 0.15) is 11.2 Å². The molecule has 2 aromatic heterocycles. The summed E-state index contributed by atoms with van der Waals surface area (Å²) < 4.78 is 6.42. The van der Waals surface area contributed by atoms with Gasteiger partial charge in [0.15, 0.2) is 0 Å². The Kier molecular flexibility index (Phi) is 8.15. The van der Waals surface area contributed by atoms with Gasteiger partial charge in [0, 0.05) is 49.7 Å². The number of rotatable bonds is 7. The van der Waals surface area contributed by atoms with Crippen LogP contribution in [0.5, 0.6) is 0 Å². The van der Waals surface area contributed by atoms with Gasteiger partial charge in [-0.3, -0.25) is 0 Å². The van der Waals surface area contributed by atoms with E-state index in [2.05, 4.69) is 211 Å². The fourth-order valence-electron chi connectivity index (χ4n) is 8.44. The SMILES string of the molecule is c1ccc(-c2ccc(N(c3ccc(-c4cccc5c4oc4ccccc45)cc3)c3cccc(-c4cccc(-c5nc6ccccc6c6ccccc56)c4)c3)cc2)cc1. The molecule has 0 saturated carbocycles. The maximum absolute atomic E-state index is 6.42. The normalized spacial score (nSPS) is 11.4. The lowest BCUT2D eigenvalue weighted by Gasteiger charge is -2.26. The molecule has 0 aliphatic heterocycles. The van der Waals surface area contributed by atoms with Crippen molar-refractivity contribution in [2.45, 2.75) is 0 Å². The summed E-state index contributed by atoms with van der Waals surface area (Å²) in [4.78, 5) is 7.54. The van der Waals surface area contributed by atoms with Crippen molar-refractivity contribution in [3.05, 3.63) is 218 Å². The molecule has 0 spiro atoms. The minimum absolute atomic E-state index is 0.902. The van der Waals surface area contributed by atoms with Crippen LogP contribution in [0.25, 0.3) is 88.3 Å². The highest BCUT2D eigenvalue weighted by molar-refractivity contribution is 6.11. The molecule has 3 heteroatoms. The van der Waals surface area contributed by atoms with Crippen LogP contribution < -0.4 is 4.90 Å². The number of pyridine rings is 1. The minimum atomic E-state index is 0.902. The number of benzene rings is 9. The number of hydrogen-bond acceptors (Lipinski definition) is 3. The maximum atomic E-state index is 6.42. The second-order valence-electron chi connectivity index (χ2n) is 14.7. The van der Waals surface area contributed by atoms with E-state index in [1.165, 1.54) is 21.9 Å². The van der Waals surface area contributed by atoms with Crippen molar-refractivity contribution >= 4 is 60.7 Å². The quantitative estimate of drug-likeness (QED) is 0.152. The topological polar surface area (TPSA) is 29.3 Å². The molecule has 2 heterocycles. The van der Waals surface area contributed by atoms with E-state index in [-0.39, 0.29) is 0 Å². The molecule has 0 unspecified atom stereocenters. The largest absolute Gasteiger partial charge is 0.455 e. The lowest BCUT2D eigenvalue weighted by Crippen LogP contribution is -2.10. The van der Waals surface area contributed by atoms with E-state index in [1.54, 1.807) is 0 Å². The third kappa shape index (κ3) is 5.89. The zero-order valence-electron chi connectivity index (χ0n) is 31.6. The van der Waals surface area contributed by atoms with Crippen LogP contribution in [0.15, 0.2) is 223 Å². The molecule has 0 atom stereocenters. The number of anilines is 3. The van der Waals surface area contributed by atoms with Crippen LogP contribution in [-0.2, 0) is 0 Å². The van der Waals surface area contributed by atoms with Crippen LogP contribution in [0, 0.1) is 0 Å². The summed E-state index contributed by atoms with van der Waals surface area (Å²) in [5, 5.41) is 5.79. The van der Waals surface area contributed by atoms with Gasteiger partial charge in [0.2, 0.25) is 0 Å². The van der Waals surface area contributed by atoms with Crippen LogP contribution in [0.4, 0.5) is 17.1 Å². The summed E-state index contributed by atoms with van der Waals surface area (Å²) >= 11 is 0. The second-order valence-corrected chi connectivity index (χ2v) is 14.7. The molecule has 0 aliphatic carbocycles. The molecule has 3 nitrogen and oxygen atoms in total. The Morgan fingerprint density at radius 1 is 0.328 bits per heavy atom. The molecule has 0 aliphatic rings. The van der Waals surface area contributed by atoms with Gasteiger partial charge in [0.25, 0.3) is 0 Å². The molecule has 0 radical (unpaired) electrons. The Bertz CT molecular complexity index is 3270. The number of aromatic nitrogens is 1. The Hall–Kier alpha value is -7.75. The summed E-state index contributed by atoms with van der Waals surface area (Å²) in [6.45, 7) is 0. The highest BCUT2D eigenvalue weighted by Gasteiger charge is 2.17. The lowest BCUT2D eigenvalue weighted by atomic mass is 9.97. The highest BCUT2D eigenvalue weighted by atomic mass is 16.3. The molecule has 272 valence electrons. The summed E-state index contributed by atoms with van der Waals surface area (Å²) in [6.07, 6.45) is 0. The Balaban J connectivity index is 1.01. The lowest BCUT2D eigenvalue weighted by molar-refractivity contribution is 0.670. The number of fused-ring (bicyclic) bond motifs is 6. The van der Waals surface area contributed by atoms with E-state index < -0.39 is 0 Å². The van der Waals surface area contributed by atoms with Crippen molar-refractivity contribution in [1.29, 1.82) is 0 Å². The van der Waals surface area contributed by atoms with Crippen molar-refractivity contribution < 1.29 is 4.42 Å². The van der Waals surface area contributed by atoms with Crippen LogP contribution in [0.3, 0.4) is 0 Å². The van der Waals surface area contributed by atoms with Crippen molar-refractivity contribution in [3.8, 4) is 44.6 Å². The molecule has 11 aromatic rings. The molecule has 0 N–H and O–H groups in total. The van der Waals surface area contributed by atoms with E-state index >= 15 is 0 Å². The monoisotopic (exact) mass is 740 g/mol. The van der Waals surface area contributed by atoms with Crippen LogP contribution >= 0.6 is 0 Å². The van der Waals surface area contributed by atoms with Gasteiger partial charge in [-0.05, 0) is 87.8 Å². The number of hydrogen-bond donors (Lipinski definition) is 0. The first-order valence-corrected chi connectivity index (χ1v) is 19.7. The Morgan fingerprint density at radius 3 is 1.67 bits per heavy atom. The fraction of sp³-hybridized carbons (Fsp3) is 0. The van der Waals surface area contributed by atoms with E-state index in [1.807, 2.05) is 12.1 Å². The first-order chi connectivity index (χ1) is 28.7. The molecule has 0 bridgehead atoms. The predicted molar refractivity (Wildman–Crippen MR) is 243 cm³/mol. The zero-order chi connectivity index (χ0) is 38.4. The van der Waals surface area contributed by atoms with E-state index in [9.17, 15) is 0 Å².